The Morgan fingerprint density at radius 2 is 1.57 bits per heavy atom. The second-order valence-corrected chi connectivity index (χ2v) is 6.36. The number of rotatable bonds is 6. The van der Waals surface area contributed by atoms with Crippen LogP contribution in [0, 0.1) is 11.7 Å². The molecule has 2 aromatic carbocycles. The van der Waals surface area contributed by atoms with Crippen LogP contribution in [0.3, 0.4) is 0 Å². The van der Waals surface area contributed by atoms with Crippen LogP contribution >= 0.6 is 0 Å². The summed E-state index contributed by atoms with van der Waals surface area (Å²) >= 11 is 0. The van der Waals surface area contributed by atoms with Gasteiger partial charge in [-0.25, -0.2) is 4.39 Å². The zero-order valence-corrected chi connectivity index (χ0v) is 15.1. The molecule has 0 unspecified atom stereocenters. The van der Waals surface area contributed by atoms with Gasteiger partial charge in [-0.15, -0.1) is 0 Å². The van der Waals surface area contributed by atoms with Gasteiger partial charge in [0.25, 0.3) is 11.8 Å². The normalized spacial score (nSPS) is 12.4. The van der Waals surface area contributed by atoms with E-state index in [-0.39, 0.29) is 17.2 Å². The van der Waals surface area contributed by atoms with E-state index in [1.807, 2.05) is 0 Å². The van der Waals surface area contributed by atoms with E-state index in [0.717, 1.165) is 18.2 Å². The molecule has 0 fully saturated rings. The molecule has 9 heteroatoms. The molecule has 0 aliphatic rings. The maximum absolute atomic E-state index is 13.0. The maximum Gasteiger partial charge on any atom is 0.418 e. The van der Waals surface area contributed by atoms with Gasteiger partial charge in [0.1, 0.15) is 11.9 Å². The predicted molar refractivity (Wildman–Crippen MR) is 95.7 cm³/mol. The molecular weight excluding hydrogens is 378 g/mol. The van der Waals surface area contributed by atoms with E-state index in [0.29, 0.717) is 0 Å². The number of carbonyl (C=O) groups excluding carboxylic acids is 2. The third kappa shape index (κ3) is 5.45. The van der Waals surface area contributed by atoms with Gasteiger partial charge in [-0.2, -0.15) is 13.2 Å². The molecule has 0 saturated heterocycles. The van der Waals surface area contributed by atoms with Gasteiger partial charge in [-0.05, 0) is 42.3 Å². The molecule has 5 nitrogen and oxygen atoms in total. The second-order valence-electron chi connectivity index (χ2n) is 6.36. The largest absolute Gasteiger partial charge is 0.418 e. The van der Waals surface area contributed by atoms with Crippen molar-refractivity contribution in [2.75, 3.05) is 5.43 Å². The minimum atomic E-state index is -4.59. The van der Waals surface area contributed by atoms with Gasteiger partial charge in [0, 0.05) is 5.56 Å². The molecule has 2 aromatic rings. The Hall–Kier alpha value is -3.10. The minimum Gasteiger partial charge on any atom is -0.340 e. The lowest BCUT2D eigenvalue weighted by Crippen LogP contribution is -2.51. The molecule has 0 radical (unpaired) electrons. The summed E-state index contributed by atoms with van der Waals surface area (Å²) < 4.78 is 52.0. The number of hydrogen-bond acceptors (Lipinski definition) is 3. The topological polar surface area (TPSA) is 70.2 Å². The number of hydrazine groups is 1. The number of amides is 2. The SMILES string of the molecule is CC(C)[C@@H](NC(=O)c1ccc(F)cc1)C(=O)NNc1ccccc1C(F)(F)F. The van der Waals surface area contributed by atoms with Crippen molar-refractivity contribution >= 4 is 17.5 Å². The molecule has 0 spiro atoms. The fourth-order valence-corrected chi connectivity index (χ4v) is 2.41. The minimum absolute atomic E-state index is 0.148. The van der Waals surface area contributed by atoms with Crippen LogP contribution in [0.5, 0.6) is 0 Å². The molecule has 2 amide bonds. The molecule has 2 rings (SSSR count). The van der Waals surface area contributed by atoms with Gasteiger partial charge in [-0.1, -0.05) is 26.0 Å². The highest BCUT2D eigenvalue weighted by Crippen LogP contribution is 2.34. The lowest BCUT2D eigenvalue weighted by Gasteiger charge is -2.23. The molecule has 0 aliphatic carbocycles. The quantitative estimate of drug-likeness (QED) is 0.514. The van der Waals surface area contributed by atoms with Crippen molar-refractivity contribution in [2.45, 2.75) is 26.1 Å². The number of hydrogen-bond donors (Lipinski definition) is 3. The molecule has 0 aromatic heterocycles. The van der Waals surface area contributed by atoms with E-state index in [2.05, 4.69) is 16.2 Å². The third-order valence-corrected chi connectivity index (χ3v) is 3.89. The maximum atomic E-state index is 13.0. The highest BCUT2D eigenvalue weighted by Gasteiger charge is 2.33. The van der Waals surface area contributed by atoms with Crippen LogP contribution in [0.2, 0.25) is 0 Å². The smallest absolute Gasteiger partial charge is 0.340 e. The van der Waals surface area contributed by atoms with Gasteiger partial charge >= 0.3 is 6.18 Å². The van der Waals surface area contributed by atoms with Crippen molar-refractivity contribution in [3.05, 3.63) is 65.5 Å². The molecule has 0 aliphatic heterocycles. The summed E-state index contributed by atoms with van der Waals surface area (Å²) in [6.07, 6.45) is -4.59. The van der Waals surface area contributed by atoms with E-state index in [1.165, 1.54) is 30.3 Å². The number of halogens is 4. The first kappa shape index (κ1) is 21.2. The summed E-state index contributed by atoms with van der Waals surface area (Å²) in [4.78, 5) is 24.7. The van der Waals surface area contributed by atoms with Crippen LogP contribution in [0.25, 0.3) is 0 Å². The van der Waals surface area contributed by atoms with E-state index < -0.39 is 35.4 Å². The Bertz CT molecular complexity index is 836. The number of para-hydroxylation sites is 1. The Morgan fingerprint density at radius 1 is 0.964 bits per heavy atom. The number of alkyl halides is 3. The summed E-state index contributed by atoms with van der Waals surface area (Å²) in [6.45, 7) is 3.33. The van der Waals surface area contributed by atoms with Crippen molar-refractivity contribution in [1.29, 1.82) is 0 Å². The fraction of sp³-hybridized carbons (Fsp3) is 0.263. The molecule has 3 N–H and O–H groups in total. The van der Waals surface area contributed by atoms with Gasteiger partial charge in [0.05, 0.1) is 11.3 Å². The second kappa shape index (κ2) is 8.73. The molecule has 0 heterocycles. The zero-order chi connectivity index (χ0) is 20.9. The van der Waals surface area contributed by atoms with Gasteiger partial charge < -0.3 is 5.32 Å². The number of carbonyl (C=O) groups is 2. The van der Waals surface area contributed by atoms with Crippen molar-refractivity contribution in [3.8, 4) is 0 Å². The summed E-state index contributed by atoms with van der Waals surface area (Å²) in [5.74, 6) is -2.20. The van der Waals surface area contributed by atoms with Crippen molar-refractivity contribution in [1.82, 2.24) is 10.7 Å². The van der Waals surface area contributed by atoms with Gasteiger partial charge in [0.15, 0.2) is 0 Å². The highest BCUT2D eigenvalue weighted by atomic mass is 19.4. The molecule has 28 heavy (non-hydrogen) atoms. The average molecular weight is 397 g/mol. The van der Waals surface area contributed by atoms with Gasteiger partial charge in [-0.3, -0.25) is 20.4 Å². The van der Waals surface area contributed by atoms with E-state index in [1.54, 1.807) is 13.8 Å². The Morgan fingerprint density at radius 3 is 2.14 bits per heavy atom. The Balaban J connectivity index is 2.08. The number of anilines is 1. The molecule has 150 valence electrons. The summed E-state index contributed by atoms with van der Waals surface area (Å²) in [5.41, 5.74) is 3.34. The van der Waals surface area contributed by atoms with E-state index in [4.69, 9.17) is 0 Å². The molecule has 1 atom stereocenters. The number of nitrogens with one attached hydrogen (secondary N) is 3. The van der Waals surface area contributed by atoms with Crippen LogP contribution in [-0.2, 0) is 11.0 Å². The van der Waals surface area contributed by atoms with Crippen molar-refractivity contribution in [2.24, 2.45) is 5.92 Å². The van der Waals surface area contributed by atoms with Crippen LogP contribution in [-0.4, -0.2) is 17.9 Å². The Kier molecular flexibility index (Phi) is 6.61. The highest BCUT2D eigenvalue weighted by molar-refractivity contribution is 5.97. The predicted octanol–water partition coefficient (Wildman–Crippen LogP) is 3.74. The lowest BCUT2D eigenvalue weighted by atomic mass is 10.0. The fourth-order valence-electron chi connectivity index (χ4n) is 2.41. The van der Waals surface area contributed by atoms with Crippen LogP contribution in [0.1, 0.15) is 29.8 Å². The Labute approximate surface area is 159 Å². The lowest BCUT2D eigenvalue weighted by molar-refractivity contribution is -0.137. The van der Waals surface area contributed by atoms with E-state index >= 15 is 0 Å². The average Bonchev–Trinajstić information content (AvgIpc) is 2.63. The zero-order valence-electron chi connectivity index (χ0n) is 15.1. The summed E-state index contributed by atoms with van der Waals surface area (Å²) in [6, 6.07) is 8.38. The first-order valence-corrected chi connectivity index (χ1v) is 8.38. The standard InChI is InChI=1S/C19H19F4N3O2/c1-11(2)16(24-17(27)12-7-9-13(20)10-8-12)18(28)26-25-15-6-4-3-5-14(15)19(21,22)23/h3-11,16,25H,1-2H3,(H,24,27)(H,26,28)/t16-/m1/s1. The molecule has 0 saturated carbocycles. The first-order chi connectivity index (χ1) is 13.1. The monoisotopic (exact) mass is 397 g/mol. The van der Waals surface area contributed by atoms with E-state index in [9.17, 15) is 27.2 Å². The molecule has 0 bridgehead atoms. The van der Waals surface area contributed by atoms with Crippen LogP contribution in [0.15, 0.2) is 48.5 Å². The number of benzene rings is 2. The van der Waals surface area contributed by atoms with Crippen molar-refractivity contribution < 1.29 is 27.2 Å². The van der Waals surface area contributed by atoms with Gasteiger partial charge in [0.2, 0.25) is 0 Å². The summed E-state index contributed by atoms with van der Waals surface area (Å²) in [7, 11) is 0. The first-order valence-electron chi connectivity index (χ1n) is 8.38. The summed E-state index contributed by atoms with van der Waals surface area (Å²) in [5, 5.41) is 2.50. The van der Waals surface area contributed by atoms with Crippen LogP contribution < -0.4 is 16.2 Å². The van der Waals surface area contributed by atoms with Crippen LogP contribution in [0.4, 0.5) is 23.2 Å². The van der Waals surface area contributed by atoms with Crippen molar-refractivity contribution in [3.63, 3.8) is 0 Å². The molecular formula is C19H19F4N3O2. The third-order valence-electron chi connectivity index (χ3n) is 3.89.